The summed E-state index contributed by atoms with van der Waals surface area (Å²) in [5.41, 5.74) is 0. The molecule has 0 aromatic heterocycles. The summed E-state index contributed by atoms with van der Waals surface area (Å²) in [5.74, 6) is 0. The highest BCUT2D eigenvalue weighted by Gasteiger charge is 2.35. The monoisotopic (exact) mass is 216 g/mol. The van der Waals surface area contributed by atoms with Crippen molar-refractivity contribution in [1.82, 2.24) is 0 Å². The van der Waals surface area contributed by atoms with E-state index < -0.39 is 14.6 Å². The highest BCUT2D eigenvalue weighted by Crippen LogP contribution is 2.26. The first-order valence-corrected chi connectivity index (χ1v) is 6.80. The molecule has 1 atom stereocenters. The predicted octanol–water partition coefficient (Wildman–Crippen LogP) is 2.70. The van der Waals surface area contributed by atoms with Crippen molar-refractivity contribution in [2.75, 3.05) is 0 Å². The smallest absolute Gasteiger partial charge is 0.161 e. The molecule has 1 aliphatic rings. The van der Waals surface area contributed by atoms with Crippen LogP contribution in [0.1, 0.15) is 46.5 Å². The Bertz CT molecular complexity index is 307. The number of sulfone groups is 1. The molecule has 0 heterocycles. The van der Waals surface area contributed by atoms with Gasteiger partial charge in [-0.15, -0.1) is 0 Å². The molecule has 0 aromatic rings. The van der Waals surface area contributed by atoms with Gasteiger partial charge in [0.05, 0.1) is 10.00 Å². The van der Waals surface area contributed by atoms with E-state index in [2.05, 4.69) is 0 Å². The van der Waals surface area contributed by atoms with Crippen LogP contribution < -0.4 is 0 Å². The van der Waals surface area contributed by atoms with E-state index in [1.54, 1.807) is 20.8 Å². The van der Waals surface area contributed by atoms with Gasteiger partial charge in [0.1, 0.15) is 0 Å². The third-order valence-electron chi connectivity index (χ3n) is 2.71. The van der Waals surface area contributed by atoms with Crippen molar-refractivity contribution in [2.24, 2.45) is 0 Å². The van der Waals surface area contributed by atoms with Crippen molar-refractivity contribution < 1.29 is 8.42 Å². The van der Waals surface area contributed by atoms with E-state index in [1.165, 1.54) is 0 Å². The maximum absolute atomic E-state index is 12.1. The van der Waals surface area contributed by atoms with Gasteiger partial charge in [-0.2, -0.15) is 0 Å². The summed E-state index contributed by atoms with van der Waals surface area (Å²) in [5, 5.41) is -0.259. The second-order valence-corrected chi connectivity index (χ2v) is 7.83. The second kappa shape index (κ2) is 4.05. The molecule has 0 amide bonds. The Labute approximate surface area is 87.3 Å². The van der Waals surface area contributed by atoms with Gasteiger partial charge in [0.25, 0.3) is 0 Å². The van der Waals surface area contributed by atoms with Crippen molar-refractivity contribution in [3.63, 3.8) is 0 Å². The van der Waals surface area contributed by atoms with Crippen LogP contribution in [-0.4, -0.2) is 18.4 Å². The van der Waals surface area contributed by atoms with Crippen LogP contribution in [0.4, 0.5) is 0 Å². The lowest BCUT2D eigenvalue weighted by Crippen LogP contribution is -2.36. The summed E-state index contributed by atoms with van der Waals surface area (Å²) in [6.07, 6.45) is 7.85. The lowest BCUT2D eigenvalue weighted by molar-refractivity contribution is 0.545. The first-order valence-electron chi connectivity index (χ1n) is 5.26. The SMILES string of the molecule is CC(C)(C)S(=O)(=O)[C@H]1C=CCCCC1. The van der Waals surface area contributed by atoms with E-state index in [4.69, 9.17) is 0 Å². The van der Waals surface area contributed by atoms with Crippen LogP contribution in [0.25, 0.3) is 0 Å². The summed E-state index contributed by atoms with van der Waals surface area (Å²) < 4.78 is 23.6. The normalized spacial score (nSPS) is 24.6. The van der Waals surface area contributed by atoms with Crippen molar-refractivity contribution in [3.05, 3.63) is 12.2 Å². The maximum Gasteiger partial charge on any atom is 0.161 e. The first kappa shape index (κ1) is 11.8. The van der Waals surface area contributed by atoms with E-state index in [-0.39, 0.29) is 5.25 Å². The molecular formula is C11H20O2S. The molecule has 0 aliphatic heterocycles. The molecule has 3 heteroatoms. The largest absolute Gasteiger partial charge is 0.228 e. The topological polar surface area (TPSA) is 34.1 Å². The van der Waals surface area contributed by atoms with Gasteiger partial charge in [0, 0.05) is 0 Å². The van der Waals surface area contributed by atoms with Crippen LogP contribution in [-0.2, 0) is 9.84 Å². The van der Waals surface area contributed by atoms with E-state index in [0.29, 0.717) is 0 Å². The third kappa shape index (κ3) is 2.38. The minimum Gasteiger partial charge on any atom is -0.228 e. The van der Waals surface area contributed by atoms with E-state index in [1.807, 2.05) is 12.2 Å². The molecule has 0 N–H and O–H groups in total. The Balaban J connectivity index is 2.92. The molecule has 1 aliphatic carbocycles. The standard InChI is InChI=1S/C11H20O2S/c1-11(2,3)14(12,13)10-8-6-4-5-7-9-10/h6,8,10H,4-5,7,9H2,1-3H3/t10-/m0/s1. The van der Waals surface area contributed by atoms with Gasteiger partial charge in [-0.05, 0) is 40.0 Å². The van der Waals surface area contributed by atoms with Gasteiger partial charge < -0.3 is 0 Å². The first-order chi connectivity index (χ1) is 6.36. The fourth-order valence-corrected chi connectivity index (χ4v) is 3.37. The molecule has 0 saturated carbocycles. The highest BCUT2D eigenvalue weighted by atomic mass is 32.2. The summed E-state index contributed by atoms with van der Waals surface area (Å²) in [6.45, 7) is 5.34. The van der Waals surface area contributed by atoms with E-state index in [0.717, 1.165) is 25.7 Å². The van der Waals surface area contributed by atoms with Crippen molar-refractivity contribution >= 4 is 9.84 Å². The quantitative estimate of drug-likeness (QED) is 0.632. The Morgan fingerprint density at radius 2 is 1.86 bits per heavy atom. The molecule has 0 unspecified atom stereocenters. The molecule has 0 saturated heterocycles. The lowest BCUT2D eigenvalue weighted by Gasteiger charge is -2.24. The zero-order valence-corrected chi connectivity index (χ0v) is 10.1. The van der Waals surface area contributed by atoms with Crippen molar-refractivity contribution in [2.45, 2.75) is 56.5 Å². The fourth-order valence-electron chi connectivity index (χ4n) is 1.66. The molecule has 14 heavy (non-hydrogen) atoms. The van der Waals surface area contributed by atoms with Gasteiger partial charge in [-0.3, -0.25) is 0 Å². The Morgan fingerprint density at radius 3 is 2.43 bits per heavy atom. The van der Waals surface area contributed by atoms with Gasteiger partial charge in [-0.25, -0.2) is 8.42 Å². The van der Waals surface area contributed by atoms with Crippen LogP contribution >= 0.6 is 0 Å². The Kier molecular flexibility index (Phi) is 3.40. The molecule has 0 bridgehead atoms. The molecule has 82 valence electrons. The molecule has 0 spiro atoms. The third-order valence-corrected chi connectivity index (χ3v) is 5.61. The summed E-state index contributed by atoms with van der Waals surface area (Å²) in [4.78, 5) is 0. The number of hydrogen-bond donors (Lipinski definition) is 0. The minimum absolute atomic E-state index is 0.259. The van der Waals surface area contributed by atoms with Crippen LogP contribution in [0, 0.1) is 0 Å². The molecule has 0 fully saturated rings. The Hall–Kier alpha value is -0.310. The van der Waals surface area contributed by atoms with Crippen molar-refractivity contribution in [3.8, 4) is 0 Å². The zero-order valence-electron chi connectivity index (χ0n) is 9.29. The predicted molar refractivity (Wildman–Crippen MR) is 60.1 cm³/mol. The van der Waals surface area contributed by atoms with Crippen molar-refractivity contribution in [1.29, 1.82) is 0 Å². The van der Waals surface area contributed by atoms with Gasteiger partial charge in [-0.1, -0.05) is 18.6 Å². The number of rotatable bonds is 1. The number of hydrogen-bond acceptors (Lipinski definition) is 2. The maximum atomic E-state index is 12.1. The van der Waals surface area contributed by atoms with E-state index in [9.17, 15) is 8.42 Å². The summed E-state index contributed by atoms with van der Waals surface area (Å²) >= 11 is 0. The van der Waals surface area contributed by atoms with Gasteiger partial charge >= 0.3 is 0 Å². The average Bonchev–Trinajstić information content (AvgIpc) is 2.29. The minimum atomic E-state index is -3.01. The second-order valence-electron chi connectivity index (χ2n) is 4.91. The van der Waals surface area contributed by atoms with Gasteiger partial charge in [0.15, 0.2) is 9.84 Å². The highest BCUT2D eigenvalue weighted by molar-refractivity contribution is 7.93. The summed E-state index contributed by atoms with van der Waals surface area (Å²) in [7, 11) is -3.01. The van der Waals surface area contributed by atoms with E-state index >= 15 is 0 Å². The molecule has 0 radical (unpaired) electrons. The molecule has 1 rings (SSSR count). The molecular weight excluding hydrogens is 196 g/mol. The lowest BCUT2D eigenvalue weighted by atomic mass is 10.2. The fraction of sp³-hybridized carbons (Fsp3) is 0.818. The van der Waals surface area contributed by atoms with Crippen LogP contribution in [0.2, 0.25) is 0 Å². The van der Waals surface area contributed by atoms with Crippen LogP contribution in [0.3, 0.4) is 0 Å². The Morgan fingerprint density at radius 1 is 1.21 bits per heavy atom. The van der Waals surface area contributed by atoms with Crippen LogP contribution in [0.5, 0.6) is 0 Å². The number of allylic oxidation sites excluding steroid dienone is 1. The molecule has 0 aromatic carbocycles. The van der Waals surface area contributed by atoms with Crippen LogP contribution in [0.15, 0.2) is 12.2 Å². The summed E-state index contributed by atoms with van der Waals surface area (Å²) in [6, 6.07) is 0. The molecule has 2 nitrogen and oxygen atoms in total. The average molecular weight is 216 g/mol. The van der Waals surface area contributed by atoms with Gasteiger partial charge in [0.2, 0.25) is 0 Å². The zero-order chi connectivity index (χ0) is 10.8.